The number of aryl methyl sites for hydroxylation is 1. The Kier molecular flexibility index (Phi) is 4.48. The third-order valence-electron chi connectivity index (χ3n) is 2.68. The van der Waals surface area contributed by atoms with Gasteiger partial charge >= 0.3 is 0 Å². The number of nitrogens with zero attached hydrogens (tertiary/aromatic N) is 1. The second-order valence-electron chi connectivity index (χ2n) is 4.24. The molecule has 1 aromatic carbocycles. The van der Waals surface area contributed by atoms with Crippen LogP contribution in [0.1, 0.15) is 21.5 Å². The summed E-state index contributed by atoms with van der Waals surface area (Å²) >= 11 is 0. The first kappa shape index (κ1) is 13.8. The quantitative estimate of drug-likeness (QED) is 0.815. The Hall–Kier alpha value is -2.64. The number of amides is 1. The lowest BCUT2D eigenvalue weighted by atomic mass is 10.0. The van der Waals surface area contributed by atoms with Crippen molar-refractivity contribution in [2.45, 2.75) is 6.92 Å². The number of hydrogen-bond acceptors (Lipinski definition) is 3. The fraction of sp³-hybridized carbons (Fsp3) is 0.125. The van der Waals surface area contributed by atoms with Crippen LogP contribution in [0.5, 0.6) is 0 Å². The van der Waals surface area contributed by atoms with Crippen LogP contribution in [-0.4, -0.2) is 17.4 Å². The molecular weight excluding hydrogens is 250 g/mol. The van der Waals surface area contributed by atoms with Gasteiger partial charge in [0.25, 0.3) is 5.91 Å². The second kappa shape index (κ2) is 6.50. The Labute approximate surface area is 118 Å². The molecule has 0 saturated heterocycles. The smallest absolute Gasteiger partial charge is 0.256 e. The van der Waals surface area contributed by atoms with Crippen LogP contribution >= 0.6 is 0 Å². The van der Waals surface area contributed by atoms with Gasteiger partial charge in [0, 0.05) is 23.6 Å². The summed E-state index contributed by atoms with van der Waals surface area (Å²) < 4.78 is 0. The fourth-order valence-electron chi connectivity index (χ4n) is 1.73. The molecule has 0 aliphatic rings. The van der Waals surface area contributed by atoms with E-state index in [1.165, 1.54) is 0 Å². The lowest BCUT2D eigenvalue weighted by molar-refractivity contribution is 0.102. The monoisotopic (exact) mass is 265 g/mol. The third kappa shape index (κ3) is 3.44. The lowest BCUT2D eigenvalue weighted by Gasteiger charge is -2.07. The van der Waals surface area contributed by atoms with Gasteiger partial charge < -0.3 is 11.1 Å². The molecule has 2 rings (SSSR count). The minimum atomic E-state index is -0.193. The van der Waals surface area contributed by atoms with Crippen molar-refractivity contribution < 1.29 is 4.79 Å². The van der Waals surface area contributed by atoms with Gasteiger partial charge in [0.1, 0.15) is 0 Å². The van der Waals surface area contributed by atoms with Crippen molar-refractivity contribution in [3.8, 4) is 11.8 Å². The van der Waals surface area contributed by atoms with Crippen LogP contribution < -0.4 is 11.1 Å². The highest BCUT2D eigenvalue weighted by atomic mass is 16.1. The zero-order chi connectivity index (χ0) is 14.4. The van der Waals surface area contributed by atoms with Crippen molar-refractivity contribution in [2.75, 3.05) is 11.9 Å². The molecule has 0 unspecified atom stereocenters. The zero-order valence-corrected chi connectivity index (χ0v) is 11.2. The summed E-state index contributed by atoms with van der Waals surface area (Å²) in [4.78, 5) is 16.2. The second-order valence-corrected chi connectivity index (χ2v) is 4.24. The molecule has 0 spiro atoms. The summed E-state index contributed by atoms with van der Waals surface area (Å²) in [5.74, 6) is 5.50. The average Bonchev–Trinajstić information content (AvgIpc) is 2.47. The molecule has 100 valence electrons. The molecule has 0 aliphatic heterocycles. The normalized spacial score (nSPS) is 9.50. The molecule has 20 heavy (non-hydrogen) atoms. The summed E-state index contributed by atoms with van der Waals surface area (Å²) in [6, 6.07) is 9.04. The van der Waals surface area contributed by atoms with Crippen molar-refractivity contribution in [1.82, 2.24) is 4.98 Å². The summed E-state index contributed by atoms with van der Waals surface area (Å²) in [5, 5.41) is 2.82. The van der Waals surface area contributed by atoms with Crippen molar-refractivity contribution in [2.24, 2.45) is 5.73 Å². The third-order valence-corrected chi connectivity index (χ3v) is 2.68. The first-order valence-electron chi connectivity index (χ1n) is 6.21. The maximum Gasteiger partial charge on any atom is 0.256 e. The van der Waals surface area contributed by atoms with Gasteiger partial charge in [-0.25, -0.2) is 0 Å². The van der Waals surface area contributed by atoms with Crippen molar-refractivity contribution in [1.29, 1.82) is 0 Å². The number of carbonyl (C=O) groups is 1. The van der Waals surface area contributed by atoms with E-state index in [2.05, 4.69) is 22.1 Å². The van der Waals surface area contributed by atoms with Gasteiger partial charge in [0.15, 0.2) is 0 Å². The molecule has 0 fully saturated rings. The summed E-state index contributed by atoms with van der Waals surface area (Å²) in [6.45, 7) is 2.20. The number of benzene rings is 1. The largest absolute Gasteiger partial charge is 0.322 e. The maximum absolute atomic E-state index is 12.3. The molecule has 1 heterocycles. The Morgan fingerprint density at radius 3 is 2.75 bits per heavy atom. The molecule has 0 radical (unpaired) electrons. The molecule has 3 N–H and O–H groups in total. The molecule has 0 bridgehead atoms. The number of pyridine rings is 1. The molecule has 0 atom stereocenters. The lowest BCUT2D eigenvalue weighted by Crippen LogP contribution is -2.14. The van der Waals surface area contributed by atoms with Crippen LogP contribution in [-0.2, 0) is 0 Å². The predicted octanol–water partition coefficient (Wildman–Crippen LogP) is 1.95. The molecule has 1 aromatic heterocycles. The molecule has 4 nitrogen and oxygen atoms in total. The summed E-state index contributed by atoms with van der Waals surface area (Å²) in [7, 11) is 0. The topological polar surface area (TPSA) is 68.0 Å². The van der Waals surface area contributed by atoms with Crippen molar-refractivity contribution >= 4 is 11.6 Å². The minimum absolute atomic E-state index is 0.193. The van der Waals surface area contributed by atoms with E-state index >= 15 is 0 Å². The van der Waals surface area contributed by atoms with Gasteiger partial charge in [-0.1, -0.05) is 23.5 Å². The van der Waals surface area contributed by atoms with Gasteiger partial charge in [-0.2, -0.15) is 0 Å². The molecule has 0 saturated carbocycles. The van der Waals surface area contributed by atoms with E-state index in [0.717, 1.165) is 5.56 Å². The van der Waals surface area contributed by atoms with E-state index < -0.39 is 0 Å². The highest BCUT2D eigenvalue weighted by Gasteiger charge is 2.10. The highest BCUT2D eigenvalue weighted by Crippen LogP contribution is 2.14. The Morgan fingerprint density at radius 1 is 1.30 bits per heavy atom. The molecule has 2 aromatic rings. The molecular formula is C16H15N3O. The van der Waals surface area contributed by atoms with Crippen molar-refractivity contribution in [3.63, 3.8) is 0 Å². The van der Waals surface area contributed by atoms with E-state index in [4.69, 9.17) is 5.73 Å². The molecule has 4 heteroatoms. The minimum Gasteiger partial charge on any atom is -0.322 e. The standard InChI is InChI=1S/C16H15N3O/c1-12-4-5-13(3-2-8-17)15(11-12)16(20)19-14-6-9-18-10-7-14/h4-7,9-11H,8,17H2,1H3,(H,18,19,20). The molecule has 0 aliphatic carbocycles. The first-order chi connectivity index (χ1) is 9.70. The Morgan fingerprint density at radius 2 is 2.05 bits per heavy atom. The first-order valence-corrected chi connectivity index (χ1v) is 6.21. The number of nitrogens with one attached hydrogen (secondary N) is 1. The average molecular weight is 265 g/mol. The van der Waals surface area contributed by atoms with E-state index in [1.54, 1.807) is 24.5 Å². The summed E-state index contributed by atoms with van der Waals surface area (Å²) in [6.07, 6.45) is 3.25. The number of carbonyl (C=O) groups excluding carboxylic acids is 1. The predicted molar refractivity (Wildman–Crippen MR) is 79.3 cm³/mol. The number of rotatable bonds is 2. The molecule has 1 amide bonds. The maximum atomic E-state index is 12.3. The van der Waals surface area contributed by atoms with Crippen LogP contribution in [0.3, 0.4) is 0 Å². The number of hydrogen-bond donors (Lipinski definition) is 2. The van der Waals surface area contributed by atoms with E-state index in [9.17, 15) is 4.79 Å². The van der Waals surface area contributed by atoms with Gasteiger partial charge in [-0.15, -0.1) is 0 Å². The number of aromatic nitrogens is 1. The fourth-order valence-corrected chi connectivity index (χ4v) is 1.73. The van der Waals surface area contributed by atoms with E-state index in [0.29, 0.717) is 16.8 Å². The van der Waals surface area contributed by atoms with E-state index in [1.807, 2.05) is 25.1 Å². The highest BCUT2D eigenvalue weighted by molar-refractivity contribution is 6.06. The van der Waals surface area contributed by atoms with Crippen LogP contribution in [0.2, 0.25) is 0 Å². The van der Waals surface area contributed by atoms with Gasteiger partial charge in [-0.05, 0) is 31.2 Å². The van der Waals surface area contributed by atoms with E-state index in [-0.39, 0.29) is 12.5 Å². The SMILES string of the molecule is Cc1ccc(C#CCN)c(C(=O)Nc2ccncc2)c1. The Bertz CT molecular complexity index is 669. The van der Waals surface area contributed by atoms with Crippen LogP contribution in [0.4, 0.5) is 5.69 Å². The van der Waals surface area contributed by atoms with Crippen LogP contribution in [0, 0.1) is 18.8 Å². The van der Waals surface area contributed by atoms with Crippen LogP contribution in [0.15, 0.2) is 42.7 Å². The van der Waals surface area contributed by atoms with Gasteiger partial charge in [0.2, 0.25) is 0 Å². The number of anilines is 1. The Balaban J connectivity index is 2.31. The van der Waals surface area contributed by atoms with Crippen molar-refractivity contribution in [3.05, 3.63) is 59.4 Å². The van der Waals surface area contributed by atoms with Gasteiger partial charge in [0.05, 0.1) is 12.1 Å². The van der Waals surface area contributed by atoms with Crippen LogP contribution in [0.25, 0.3) is 0 Å². The summed E-state index contributed by atoms with van der Waals surface area (Å²) in [5.41, 5.74) is 8.29. The number of nitrogens with two attached hydrogens (primary N) is 1. The van der Waals surface area contributed by atoms with Gasteiger partial charge in [-0.3, -0.25) is 9.78 Å². The zero-order valence-electron chi connectivity index (χ0n) is 11.2.